The highest BCUT2D eigenvalue weighted by Crippen LogP contribution is 2.29. The Morgan fingerprint density at radius 3 is 2.54 bits per heavy atom. The fraction of sp³-hybridized carbons (Fsp3) is 0.333. The van der Waals surface area contributed by atoms with Crippen molar-refractivity contribution in [1.82, 2.24) is 10.8 Å². The van der Waals surface area contributed by atoms with Crippen LogP contribution in [0, 0.1) is 17.8 Å². The average Bonchev–Trinajstić information content (AvgIpc) is 3.40. The molecule has 0 spiro atoms. The topological polar surface area (TPSA) is 104 Å². The van der Waals surface area contributed by atoms with Gasteiger partial charge in [-0.2, -0.15) is 0 Å². The van der Waals surface area contributed by atoms with Gasteiger partial charge in [0.2, 0.25) is 0 Å². The Balaban J connectivity index is 1.98. The minimum Gasteiger partial charge on any atom is -0.339 e. The maximum absolute atomic E-state index is 12.2. The molecule has 0 radical (unpaired) electrons. The lowest BCUT2D eigenvalue weighted by molar-refractivity contribution is -0.131. The number of amides is 2. The van der Waals surface area contributed by atoms with Crippen molar-refractivity contribution in [2.75, 3.05) is 0 Å². The Bertz CT molecular complexity index is 680. The number of hydroxylamine groups is 1. The van der Waals surface area contributed by atoms with Crippen LogP contribution in [0.3, 0.4) is 0 Å². The number of allylic oxidation sites excluding steroid dienone is 2. The largest absolute Gasteiger partial charge is 0.339 e. The third-order valence-electron chi connectivity index (χ3n) is 3.64. The van der Waals surface area contributed by atoms with Crippen LogP contribution in [0.5, 0.6) is 0 Å². The summed E-state index contributed by atoms with van der Waals surface area (Å²) in [4.78, 5) is 23.7. The minimum absolute atomic E-state index is 0.380. The second-order valence-electron chi connectivity index (χ2n) is 5.83. The molecule has 0 bridgehead atoms. The minimum atomic E-state index is -1.02. The van der Waals surface area contributed by atoms with Gasteiger partial charge in [0.1, 0.15) is 6.04 Å². The van der Waals surface area contributed by atoms with Crippen molar-refractivity contribution in [3.05, 3.63) is 47.5 Å². The molecule has 5 N–H and O–H groups in total. The number of carbonyl (C=O) groups is 2. The summed E-state index contributed by atoms with van der Waals surface area (Å²) in [5, 5.41) is 11.2. The van der Waals surface area contributed by atoms with Gasteiger partial charge in [0.25, 0.3) is 11.8 Å². The fourth-order valence-electron chi connectivity index (χ4n) is 2.03. The molecule has 6 nitrogen and oxygen atoms in total. The van der Waals surface area contributed by atoms with Gasteiger partial charge in [0.15, 0.2) is 0 Å². The smallest absolute Gasteiger partial charge is 0.267 e. The van der Waals surface area contributed by atoms with Gasteiger partial charge in [-0.15, -0.1) is 0 Å². The predicted octanol–water partition coefficient (Wildman–Crippen LogP) is 0.955. The Morgan fingerprint density at radius 1 is 1.33 bits per heavy atom. The number of hydrogen-bond acceptors (Lipinski definition) is 4. The van der Waals surface area contributed by atoms with Crippen LogP contribution in [0.2, 0.25) is 0 Å². The van der Waals surface area contributed by atoms with Crippen LogP contribution in [-0.2, 0) is 4.79 Å². The first-order valence-corrected chi connectivity index (χ1v) is 7.80. The third kappa shape index (κ3) is 5.23. The lowest BCUT2D eigenvalue weighted by atomic mass is 10.1. The van der Waals surface area contributed by atoms with Gasteiger partial charge in [0.05, 0.1) is 0 Å². The molecule has 0 saturated heterocycles. The maximum Gasteiger partial charge on any atom is 0.267 e. The summed E-state index contributed by atoms with van der Waals surface area (Å²) in [6.07, 6.45) is 6.46. The summed E-state index contributed by atoms with van der Waals surface area (Å²) in [6, 6.07) is 5.05. The summed E-state index contributed by atoms with van der Waals surface area (Å²) in [5.74, 6) is 5.44. The molecule has 1 aromatic carbocycles. The summed E-state index contributed by atoms with van der Waals surface area (Å²) < 4.78 is 0. The van der Waals surface area contributed by atoms with Crippen LogP contribution in [0.4, 0.5) is 0 Å². The normalized spacial score (nSPS) is 16.0. The van der Waals surface area contributed by atoms with Crippen molar-refractivity contribution < 1.29 is 14.8 Å². The first-order valence-electron chi connectivity index (χ1n) is 7.80. The molecule has 2 atom stereocenters. The van der Waals surface area contributed by atoms with Crippen molar-refractivity contribution in [1.29, 1.82) is 0 Å². The summed E-state index contributed by atoms with van der Waals surface area (Å²) in [7, 11) is 0. The highest BCUT2D eigenvalue weighted by Gasteiger charge is 2.24. The number of rotatable bonds is 5. The number of benzene rings is 1. The molecule has 0 aromatic heterocycles. The summed E-state index contributed by atoms with van der Waals surface area (Å²) in [5.41, 5.74) is 8.32. The zero-order valence-electron chi connectivity index (χ0n) is 13.5. The molecule has 2 rings (SSSR count). The molecule has 1 aromatic rings. The van der Waals surface area contributed by atoms with Crippen LogP contribution in [0.25, 0.3) is 0 Å². The van der Waals surface area contributed by atoms with Crippen molar-refractivity contribution in [2.24, 2.45) is 11.7 Å². The van der Waals surface area contributed by atoms with E-state index in [0.29, 0.717) is 11.5 Å². The molecule has 0 aliphatic heterocycles. The number of nitrogens with two attached hydrogens (primary N) is 1. The van der Waals surface area contributed by atoms with Gasteiger partial charge < -0.3 is 11.1 Å². The van der Waals surface area contributed by atoms with Gasteiger partial charge >= 0.3 is 0 Å². The number of hydrogen-bond donors (Lipinski definition) is 4. The van der Waals surface area contributed by atoms with Gasteiger partial charge in [-0.1, -0.05) is 17.9 Å². The second-order valence-corrected chi connectivity index (χ2v) is 5.83. The van der Waals surface area contributed by atoms with E-state index in [2.05, 4.69) is 23.2 Å². The van der Waals surface area contributed by atoms with Crippen molar-refractivity contribution in [2.45, 2.75) is 31.8 Å². The fourth-order valence-corrected chi connectivity index (χ4v) is 2.03. The van der Waals surface area contributed by atoms with E-state index in [1.807, 2.05) is 6.08 Å². The molecule has 6 heteroatoms. The molecule has 0 heterocycles. The van der Waals surface area contributed by atoms with Crippen molar-refractivity contribution in [3.63, 3.8) is 0 Å². The monoisotopic (exact) mass is 327 g/mol. The van der Waals surface area contributed by atoms with E-state index in [1.165, 1.54) is 18.3 Å². The molecule has 1 aliphatic rings. The van der Waals surface area contributed by atoms with E-state index in [1.54, 1.807) is 31.2 Å². The summed E-state index contributed by atoms with van der Waals surface area (Å²) in [6.45, 7) is 1.56. The van der Waals surface area contributed by atoms with E-state index in [-0.39, 0.29) is 0 Å². The van der Waals surface area contributed by atoms with Crippen molar-refractivity contribution in [3.8, 4) is 11.8 Å². The zero-order valence-corrected chi connectivity index (χ0v) is 13.5. The number of nitrogens with one attached hydrogen (secondary N) is 2. The Hall–Kier alpha value is -2.62. The van der Waals surface area contributed by atoms with E-state index in [4.69, 9.17) is 10.9 Å². The van der Waals surface area contributed by atoms with Crippen LogP contribution in [-0.4, -0.2) is 29.1 Å². The third-order valence-corrected chi connectivity index (χ3v) is 3.64. The molecule has 126 valence electrons. The van der Waals surface area contributed by atoms with Gasteiger partial charge in [-0.25, -0.2) is 5.48 Å². The zero-order chi connectivity index (χ0) is 17.5. The molecule has 1 unspecified atom stereocenters. The summed E-state index contributed by atoms with van der Waals surface area (Å²) >= 11 is 0. The molecule has 24 heavy (non-hydrogen) atoms. The van der Waals surface area contributed by atoms with E-state index in [0.717, 1.165) is 5.56 Å². The number of carbonyl (C=O) groups excluding carboxylic acids is 2. The van der Waals surface area contributed by atoms with Gasteiger partial charge in [-0.05, 0) is 56.0 Å². The Kier molecular flexibility index (Phi) is 6.13. The highest BCUT2D eigenvalue weighted by molar-refractivity contribution is 5.97. The van der Waals surface area contributed by atoms with Crippen LogP contribution in [0.15, 0.2) is 36.4 Å². The lowest BCUT2D eigenvalue weighted by Gasteiger charge is -2.19. The first-order chi connectivity index (χ1) is 11.5. The molecule has 1 fully saturated rings. The van der Waals surface area contributed by atoms with Crippen molar-refractivity contribution >= 4 is 11.8 Å². The molecule has 2 amide bonds. The Morgan fingerprint density at radius 2 is 2.00 bits per heavy atom. The average molecular weight is 327 g/mol. The quantitative estimate of drug-likeness (QED) is 0.367. The van der Waals surface area contributed by atoms with E-state index in [9.17, 15) is 9.59 Å². The standard InChI is InChI=1S/C18H21N3O3/c1-12(19)16(18(23)21-24)20-17(22)15-10-8-14(9-11-15)5-3-2-4-13-6-7-13/h2,4,8-13,16,24H,6-7,19H2,1H3,(H,20,22)(H,21,23)/b4-2+/t12?,16-/m0/s1. The SMILES string of the molecule is CC(N)[C@H](NC(=O)c1ccc(C#C/C=C/C2CC2)cc1)C(=O)NO. The van der Waals surface area contributed by atoms with Crippen LogP contribution >= 0.6 is 0 Å². The molecular weight excluding hydrogens is 306 g/mol. The Labute approximate surface area is 141 Å². The van der Waals surface area contributed by atoms with E-state index >= 15 is 0 Å². The van der Waals surface area contributed by atoms with Gasteiger partial charge in [0, 0.05) is 17.2 Å². The van der Waals surface area contributed by atoms with Gasteiger partial charge in [-0.3, -0.25) is 14.8 Å². The first kappa shape index (κ1) is 17.7. The van der Waals surface area contributed by atoms with Crippen LogP contribution < -0.4 is 16.5 Å². The molecular formula is C18H21N3O3. The maximum atomic E-state index is 12.2. The molecule has 1 saturated carbocycles. The van der Waals surface area contributed by atoms with Crippen LogP contribution in [0.1, 0.15) is 35.7 Å². The predicted molar refractivity (Wildman–Crippen MR) is 90.0 cm³/mol. The highest BCUT2D eigenvalue weighted by atomic mass is 16.5. The lowest BCUT2D eigenvalue weighted by Crippen LogP contribution is -2.54. The molecule has 1 aliphatic carbocycles. The second kappa shape index (κ2) is 8.29. The van der Waals surface area contributed by atoms with E-state index < -0.39 is 23.9 Å².